The smallest absolute Gasteiger partial charge is 0.330 e. The molecule has 8 nitrogen and oxygen atoms in total. The van der Waals surface area contributed by atoms with E-state index in [1.165, 1.54) is 5.56 Å². The summed E-state index contributed by atoms with van der Waals surface area (Å²) in [5.74, 6) is -0.332. The number of carbonyl (C=O) groups is 2. The maximum atomic E-state index is 13.1. The van der Waals surface area contributed by atoms with Gasteiger partial charge in [0.1, 0.15) is 6.04 Å². The zero-order chi connectivity index (χ0) is 21.1. The van der Waals surface area contributed by atoms with Crippen molar-refractivity contribution in [1.82, 2.24) is 20.0 Å². The number of benzene rings is 1. The van der Waals surface area contributed by atoms with Crippen molar-refractivity contribution >= 4 is 11.9 Å². The Morgan fingerprint density at radius 3 is 2.87 bits per heavy atom. The zero-order valence-corrected chi connectivity index (χ0v) is 17.0. The molecule has 1 aliphatic rings. The summed E-state index contributed by atoms with van der Waals surface area (Å²) in [5, 5.41) is 6.82. The van der Waals surface area contributed by atoms with E-state index in [9.17, 15) is 9.59 Å². The summed E-state index contributed by atoms with van der Waals surface area (Å²) in [4.78, 5) is 29.6. The van der Waals surface area contributed by atoms with E-state index < -0.39 is 17.9 Å². The minimum absolute atomic E-state index is 0.209. The zero-order valence-electron chi connectivity index (χ0n) is 17.0. The van der Waals surface area contributed by atoms with Crippen molar-refractivity contribution in [2.75, 3.05) is 0 Å². The number of nitrogens with one attached hydrogen (secondary N) is 1. The molecule has 2 aromatic heterocycles. The average Bonchev–Trinajstić information content (AvgIpc) is 3.34. The lowest BCUT2D eigenvalue weighted by Crippen LogP contribution is -2.45. The maximum absolute atomic E-state index is 13.1. The molecule has 0 radical (unpaired) electrons. The van der Waals surface area contributed by atoms with Crippen molar-refractivity contribution in [3.63, 3.8) is 0 Å². The van der Waals surface area contributed by atoms with Crippen LogP contribution >= 0.6 is 0 Å². The number of aromatic nitrogens is 3. The topological polar surface area (TPSA) is 99.2 Å². The Balaban J connectivity index is 1.59. The van der Waals surface area contributed by atoms with Gasteiger partial charge in [0.25, 0.3) is 5.91 Å². The molecule has 0 saturated carbocycles. The van der Waals surface area contributed by atoms with Gasteiger partial charge in [-0.25, -0.2) is 9.78 Å². The molecule has 8 heteroatoms. The fourth-order valence-electron chi connectivity index (χ4n) is 3.67. The van der Waals surface area contributed by atoms with Crippen molar-refractivity contribution in [3.05, 3.63) is 59.8 Å². The molecule has 0 bridgehead atoms. The van der Waals surface area contributed by atoms with Crippen LogP contribution < -0.4 is 5.32 Å². The van der Waals surface area contributed by atoms with Gasteiger partial charge in [-0.1, -0.05) is 29.4 Å². The second-order valence-electron chi connectivity index (χ2n) is 7.62. The number of nitrogens with zero attached hydrogens (tertiary/aromatic N) is 3. The Bertz CT molecular complexity index is 1040. The van der Waals surface area contributed by atoms with Crippen molar-refractivity contribution in [2.45, 2.75) is 51.8 Å². The summed E-state index contributed by atoms with van der Waals surface area (Å²) in [7, 11) is 0. The van der Waals surface area contributed by atoms with Crippen LogP contribution in [0.5, 0.6) is 0 Å². The lowest BCUT2D eigenvalue weighted by atomic mass is 10.0. The van der Waals surface area contributed by atoms with Crippen LogP contribution in [0.25, 0.3) is 11.3 Å². The Kier molecular flexibility index (Phi) is 5.65. The molecule has 0 spiro atoms. The number of imidazole rings is 1. The van der Waals surface area contributed by atoms with Crippen molar-refractivity contribution < 1.29 is 18.8 Å². The summed E-state index contributed by atoms with van der Waals surface area (Å²) in [6.45, 7) is 3.74. The fraction of sp³-hybridized carbons (Fsp3) is 0.364. The van der Waals surface area contributed by atoms with Gasteiger partial charge in [-0.3, -0.25) is 4.79 Å². The van der Waals surface area contributed by atoms with Crippen LogP contribution in [0.3, 0.4) is 0 Å². The molecule has 0 unspecified atom stereocenters. The highest BCUT2D eigenvalue weighted by molar-refractivity contribution is 5.97. The van der Waals surface area contributed by atoms with Crippen molar-refractivity contribution in [2.24, 2.45) is 0 Å². The van der Waals surface area contributed by atoms with Gasteiger partial charge >= 0.3 is 5.97 Å². The predicted octanol–water partition coefficient (Wildman–Crippen LogP) is 2.78. The summed E-state index contributed by atoms with van der Waals surface area (Å²) in [6.07, 6.45) is 7.10. The van der Waals surface area contributed by atoms with Crippen LogP contribution in [0.2, 0.25) is 0 Å². The molecule has 1 aromatic carbocycles. The minimum atomic E-state index is -0.875. The van der Waals surface area contributed by atoms with Gasteiger partial charge in [0.15, 0.2) is 11.5 Å². The van der Waals surface area contributed by atoms with Gasteiger partial charge in [0.2, 0.25) is 0 Å². The third kappa shape index (κ3) is 4.12. The highest BCUT2D eigenvalue weighted by Crippen LogP contribution is 2.34. The van der Waals surface area contributed by atoms with Crippen molar-refractivity contribution in [1.29, 1.82) is 0 Å². The van der Waals surface area contributed by atoms with Crippen LogP contribution in [0.4, 0.5) is 0 Å². The normalized spacial score (nSPS) is 13.8. The van der Waals surface area contributed by atoms with Crippen LogP contribution in [0.1, 0.15) is 41.9 Å². The Morgan fingerprint density at radius 2 is 2.10 bits per heavy atom. The fourth-order valence-corrected chi connectivity index (χ4v) is 3.67. The molecular formula is C22H24N4O4. The third-order valence-corrected chi connectivity index (χ3v) is 5.03. The van der Waals surface area contributed by atoms with Gasteiger partial charge in [0, 0.05) is 23.5 Å². The monoisotopic (exact) mass is 408 g/mol. The first kappa shape index (κ1) is 19.9. The number of amides is 1. The number of esters is 1. The molecule has 0 aliphatic heterocycles. The van der Waals surface area contributed by atoms with Gasteiger partial charge in [-0.05, 0) is 38.7 Å². The first-order valence-corrected chi connectivity index (χ1v) is 10.1. The van der Waals surface area contributed by atoms with Crippen molar-refractivity contribution in [3.8, 4) is 11.3 Å². The van der Waals surface area contributed by atoms with E-state index in [2.05, 4.69) is 21.5 Å². The molecule has 30 heavy (non-hydrogen) atoms. The van der Waals surface area contributed by atoms with Gasteiger partial charge < -0.3 is 19.1 Å². The lowest BCUT2D eigenvalue weighted by Gasteiger charge is -2.19. The Hall–Kier alpha value is -3.42. The summed E-state index contributed by atoms with van der Waals surface area (Å²) >= 11 is 0. The molecule has 2 heterocycles. The van der Waals surface area contributed by atoms with E-state index in [4.69, 9.17) is 9.26 Å². The molecule has 3 aromatic rings. The van der Waals surface area contributed by atoms with Crippen LogP contribution in [0, 0.1) is 0 Å². The number of carbonyl (C=O) groups excluding carboxylic acids is 2. The number of hydrogen-bond donors (Lipinski definition) is 1. The SMILES string of the molecule is CC(C)OC(=O)[C@H](Cn1ccnc1)NC(=O)c1noc2c1CCCc1ccccc1-2. The van der Waals surface area contributed by atoms with E-state index in [-0.39, 0.29) is 18.3 Å². The average molecular weight is 408 g/mol. The molecule has 1 atom stereocenters. The summed E-state index contributed by atoms with van der Waals surface area (Å²) in [5.41, 5.74) is 3.13. The lowest BCUT2D eigenvalue weighted by molar-refractivity contribution is -0.150. The minimum Gasteiger partial charge on any atom is -0.461 e. The largest absolute Gasteiger partial charge is 0.461 e. The van der Waals surface area contributed by atoms with Crippen LogP contribution in [-0.2, 0) is 28.9 Å². The molecule has 1 N–H and O–H groups in total. The van der Waals surface area contributed by atoms with Gasteiger partial charge in [-0.15, -0.1) is 0 Å². The highest BCUT2D eigenvalue weighted by atomic mass is 16.5. The van der Waals surface area contributed by atoms with Gasteiger partial charge in [0.05, 0.1) is 19.0 Å². The second kappa shape index (κ2) is 8.52. The predicted molar refractivity (Wildman–Crippen MR) is 109 cm³/mol. The van der Waals surface area contributed by atoms with Crippen LogP contribution in [-0.4, -0.2) is 38.7 Å². The van der Waals surface area contributed by atoms with Crippen LogP contribution in [0.15, 0.2) is 47.5 Å². The Morgan fingerprint density at radius 1 is 1.27 bits per heavy atom. The van der Waals surface area contributed by atoms with E-state index in [0.29, 0.717) is 12.2 Å². The first-order valence-electron chi connectivity index (χ1n) is 10.1. The first-order chi connectivity index (χ1) is 14.5. The standard InChI is InChI=1S/C22H24N4O4/c1-14(2)29-22(28)18(12-26-11-10-23-13-26)24-21(27)19-17-9-5-7-15-6-3-4-8-16(15)20(17)30-25-19/h3-4,6,8,10-11,13-14,18H,5,7,9,12H2,1-2H3,(H,24,27)/t18-/m0/s1. The molecular weight excluding hydrogens is 384 g/mol. The number of fused-ring (bicyclic) bond motifs is 3. The number of aryl methyl sites for hydroxylation is 1. The molecule has 0 saturated heterocycles. The molecule has 4 rings (SSSR count). The number of rotatable bonds is 6. The Labute approximate surface area is 174 Å². The summed E-state index contributed by atoms with van der Waals surface area (Å²) in [6, 6.07) is 7.11. The highest BCUT2D eigenvalue weighted by Gasteiger charge is 2.30. The quantitative estimate of drug-likeness (QED) is 0.630. The number of ether oxygens (including phenoxy) is 1. The van der Waals surface area contributed by atoms with E-state index in [0.717, 1.165) is 24.0 Å². The molecule has 1 aliphatic carbocycles. The number of hydrogen-bond acceptors (Lipinski definition) is 6. The van der Waals surface area contributed by atoms with Gasteiger partial charge in [-0.2, -0.15) is 0 Å². The maximum Gasteiger partial charge on any atom is 0.330 e. The molecule has 156 valence electrons. The van der Waals surface area contributed by atoms with E-state index in [1.54, 1.807) is 37.1 Å². The second-order valence-corrected chi connectivity index (χ2v) is 7.62. The molecule has 0 fully saturated rings. The summed E-state index contributed by atoms with van der Waals surface area (Å²) < 4.78 is 12.6. The van der Waals surface area contributed by atoms with E-state index >= 15 is 0 Å². The third-order valence-electron chi connectivity index (χ3n) is 5.03. The molecule has 1 amide bonds. The van der Waals surface area contributed by atoms with E-state index in [1.807, 2.05) is 18.2 Å².